The van der Waals surface area contributed by atoms with Crippen LogP contribution in [-0.2, 0) is 6.54 Å². The molecule has 0 bridgehead atoms. The number of nitrogens with one attached hydrogen (secondary N) is 2. The highest BCUT2D eigenvalue weighted by atomic mass is 15.1. The summed E-state index contributed by atoms with van der Waals surface area (Å²) in [5.41, 5.74) is 2.81. The van der Waals surface area contributed by atoms with E-state index in [0.29, 0.717) is 6.54 Å². The number of aromatic nitrogens is 4. The standard InChI is InChI=1S/C14H20N6/c1-5-15-13-10(3)14(20-11(4)19-13)18-8-12-7-16-9(2)6-17-12/h6-7H,5,8H2,1-4H3,(H2,15,18,19,20). The smallest absolute Gasteiger partial charge is 0.135 e. The highest BCUT2D eigenvalue weighted by molar-refractivity contribution is 5.57. The van der Waals surface area contributed by atoms with Gasteiger partial charge in [0.1, 0.15) is 17.5 Å². The van der Waals surface area contributed by atoms with Crippen LogP contribution in [0.5, 0.6) is 0 Å². The first-order valence-electron chi connectivity index (χ1n) is 6.70. The van der Waals surface area contributed by atoms with E-state index < -0.39 is 0 Å². The van der Waals surface area contributed by atoms with Gasteiger partial charge in [-0.1, -0.05) is 0 Å². The van der Waals surface area contributed by atoms with Gasteiger partial charge < -0.3 is 10.6 Å². The van der Waals surface area contributed by atoms with Crippen LogP contribution in [0.3, 0.4) is 0 Å². The second kappa shape index (κ2) is 6.27. The predicted octanol–water partition coefficient (Wildman–Crippen LogP) is 2.24. The summed E-state index contributed by atoms with van der Waals surface area (Å²) in [6, 6.07) is 0. The van der Waals surface area contributed by atoms with E-state index in [1.54, 1.807) is 12.4 Å². The van der Waals surface area contributed by atoms with E-state index in [1.807, 2.05) is 27.7 Å². The Labute approximate surface area is 119 Å². The van der Waals surface area contributed by atoms with E-state index in [9.17, 15) is 0 Å². The van der Waals surface area contributed by atoms with E-state index in [4.69, 9.17) is 0 Å². The Morgan fingerprint density at radius 1 is 0.950 bits per heavy atom. The van der Waals surface area contributed by atoms with Gasteiger partial charge in [-0.3, -0.25) is 9.97 Å². The summed E-state index contributed by atoms with van der Waals surface area (Å²) in [5, 5.41) is 6.54. The maximum absolute atomic E-state index is 4.44. The molecule has 6 nitrogen and oxygen atoms in total. The molecule has 0 unspecified atom stereocenters. The lowest BCUT2D eigenvalue weighted by molar-refractivity contribution is 0.953. The van der Waals surface area contributed by atoms with Crippen molar-refractivity contribution in [2.75, 3.05) is 17.2 Å². The lowest BCUT2D eigenvalue weighted by atomic mass is 10.3. The third kappa shape index (κ3) is 3.40. The number of aryl methyl sites for hydroxylation is 2. The van der Waals surface area contributed by atoms with Crippen LogP contribution in [0.25, 0.3) is 0 Å². The van der Waals surface area contributed by atoms with Crippen LogP contribution in [0.15, 0.2) is 12.4 Å². The van der Waals surface area contributed by atoms with E-state index >= 15 is 0 Å². The van der Waals surface area contributed by atoms with Gasteiger partial charge in [-0.05, 0) is 27.7 Å². The predicted molar refractivity (Wildman–Crippen MR) is 79.8 cm³/mol. The molecule has 0 spiro atoms. The van der Waals surface area contributed by atoms with Gasteiger partial charge in [-0.25, -0.2) is 9.97 Å². The van der Waals surface area contributed by atoms with Crippen molar-refractivity contribution >= 4 is 11.6 Å². The molecule has 0 aliphatic heterocycles. The third-order valence-corrected chi connectivity index (χ3v) is 2.87. The molecule has 2 N–H and O–H groups in total. The molecule has 0 atom stereocenters. The molecule has 2 aromatic rings. The van der Waals surface area contributed by atoms with Gasteiger partial charge in [0.2, 0.25) is 0 Å². The lowest BCUT2D eigenvalue weighted by Crippen LogP contribution is -2.10. The van der Waals surface area contributed by atoms with Gasteiger partial charge in [-0.2, -0.15) is 0 Å². The van der Waals surface area contributed by atoms with E-state index in [2.05, 4.69) is 30.6 Å². The third-order valence-electron chi connectivity index (χ3n) is 2.87. The summed E-state index contributed by atoms with van der Waals surface area (Å²) < 4.78 is 0. The second-order valence-corrected chi connectivity index (χ2v) is 4.63. The summed E-state index contributed by atoms with van der Waals surface area (Å²) in [5.74, 6) is 2.44. The molecule has 0 fully saturated rings. The largest absolute Gasteiger partial charge is 0.370 e. The highest BCUT2D eigenvalue weighted by Crippen LogP contribution is 2.20. The van der Waals surface area contributed by atoms with Crippen LogP contribution < -0.4 is 10.6 Å². The lowest BCUT2D eigenvalue weighted by Gasteiger charge is -2.13. The monoisotopic (exact) mass is 272 g/mol. The molecule has 0 saturated heterocycles. The van der Waals surface area contributed by atoms with Crippen molar-refractivity contribution in [3.8, 4) is 0 Å². The molecule has 2 heterocycles. The first-order chi connectivity index (χ1) is 9.60. The van der Waals surface area contributed by atoms with Crippen LogP contribution in [0, 0.1) is 20.8 Å². The molecule has 0 amide bonds. The molecule has 6 heteroatoms. The minimum Gasteiger partial charge on any atom is -0.370 e. The summed E-state index contributed by atoms with van der Waals surface area (Å²) in [4.78, 5) is 17.4. The van der Waals surface area contributed by atoms with Crippen LogP contribution in [0.1, 0.15) is 29.7 Å². The van der Waals surface area contributed by atoms with Crippen molar-refractivity contribution in [3.63, 3.8) is 0 Å². The fourth-order valence-electron chi connectivity index (χ4n) is 1.83. The average molecular weight is 272 g/mol. The van der Waals surface area contributed by atoms with Crippen molar-refractivity contribution in [1.29, 1.82) is 0 Å². The van der Waals surface area contributed by atoms with Gasteiger partial charge in [0.15, 0.2) is 0 Å². The van der Waals surface area contributed by atoms with Crippen molar-refractivity contribution in [1.82, 2.24) is 19.9 Å². The normalized spacial score (nSPS) is 10.4. The first-order valence-corrected chi connectivity index (χ1v) is 6.70. The van der Waals surface area contributed by atoms with Crippen LogP contribution in [-0.4, -0.2) is 26.5 Å². The Morgan fingerprint density at radius 2 is 1.65 bits per heavy atom. The van der Waals surface area contributed by atoms with Gasteiger partial charge in [0, 0.05) is 18.3 Å². The minimum absolute atomic E-state index is 0.593. The number of nitrogens with zero attached hydrogens (tertiary/aromatic N) is 4. The Kier molecular flexibility index (Phi) is 4.45. The van der Waals surface area contributed by atoms with Crippen LogP contribution >= 0.6 is 0 Å². The van der Waals surface area contributed by atoms with Gasteiger partial charge in [0.25, 0.3) is 0 Å². The Bertz CT molecular complexity index is 579. The van der Waals surface area contributed by atoms with E-state index in [-0.39, 0.29) is 0 Å². The molecule has 0 aromatic carbocycles. The van der Waals surface area contributed by atoms with Gasteiger partial charge in [-0.15, -0.1) is 0 Å². The van der Waals surface area contributed by atoms with Crippen LogP contribution in [0.2, 0.25) is 0 Å². The SMILES string of the molecule is CCNc1nc(C)nc(NCc2cnc(C)cn2)c1C. The molecular formula is C14H20N6. The Morgan fingerprint density at radius 3 is 2.25 bits per heavy atom. The maximum Gasteiger partial charge on any atom is 0.135 e. The molecule has 2 rings (SSSR count). The van der Waals surface area contributed by atoms with Crippen molar-refractivity contribution < 1.29 is 0 Å². The van der Waals surface area contributed by atoms with Crippen molar-refractivity contribution in [2.24, 2.45) is 0 Å². The molecule has 2 aromatic heterocycles. The number of hydrogen-bond acceptors (Lipinski definition) is 6. The van der Waals surface area contributed by atoms with E-state index in [1.165, 1.54) is 0 Å². The zero-order valence-corrected chi connectivity index (χ0v) is 12.4. The molecule has 0 saturated carbocycles. The van der Waals surface area contributed by atoms with Crippen LogP contribution in [0.4, 0.5) is 11.6 Å². The molecule has 0 aliphatic rings. The zero-order valence-electron chi connectivity index (χ0n) is 12.4. The second-order valence-electron chi connectivity index (χ2n) is 4.63. The summed E-state index contributed by atoms with van der Waals surface area (Å²) in [6.07, 6.45) is 3.54. The molecule has 20 heavy (non-hydrogen) atoms. The van der Waals surface area contributed by atoms with E-state index in [0.717, 1.165) is 41.0 Å². The molecule has 106 valence electrons. The van der Waals surface area contributed by atoms with Crippen molar-refractivity contribution in [3.05, 3.63) is 35.2 Å². The fourth-order valence-corrected chi connectivity index (χ4v) is 1.83. The number of rotatable bonds is 5. The Hall–Kier alpha value is -2.24. The molecule has 0 radical (unpaired) electrons. The average Bonchev–Trinajstić information content (AvgIpc) is 2.43. The van der Waals surface area contributed by atoms with Gasteiger partial charge >= 0.3 is 0 Å². The summed E-state index contributed by atoms with van der Waals surface area (Å²) in [7, 11) is 0. The zero-order chi connectivity index (χ0) is 14.5. The topological polar surface area (TPSA) is 75.6 Å². The fraction of sp³-hybridized carbons (Fsp3) is 0.429. The minimum atomic E-state index is 0.593. The maximum atomic E-state index is 4.44. The van der Waals surface area contributed by atoms with Gasteiger partial charge in [0.05, 0.1) is 24.1 Å². The summed E-state index contributed by atoms with van der Waals surface area (Å²) in [6.45, 7) is 9.28. The summed E-state index contributed by atoms with van der Waals surface area (Å²) >= 11 is 0. The van der Waals surface area contributed by atoms with Crippen molar-refractivity contribution in [2.45, 2.75) is 34.2 Å². The number of hydrogen-bond donors (Lipinski definition) is 2. The Balaban J connectivity index is 2.14. The molecule has 0 aliphatic carbocycles. The first kappa shape index (κ1) is 14.2. The number of anilines is 2. The highest BCUT2D eigenvalue weighted by Gasteiger charge is 2.08. The quantitative estimate of drug-likeness (QED) is 0.869. The molecular weight excluding hydrogens is 252 g/mol.